The molecule has 0 N–H and O–H groups in total. The Morgan fingerprint density at radius 1 is 1.80 bits per heavy atom. The van der Waals surface area contributed by atoms with Gasteiger partial charge in [0.15, 0.2) is 4.47 Å². The van der Waals surface area contributed by atoms with E-state index in [1.54, 1.807) is 6.92 Å². The molecule has 0 saturated heterocycles. The number of hydrogen-bond donors (Lipinski definition) is 0. The van der Waals surface area contributed by atoms with E-state index in [2.05, 4.69) is 9.72 Å². The van der Waals surface area contributed by atoms with Crippen molar-refractivity contribution >= 4 is 29.4 Å². The monoisotopic (exact) mass is 177 g/mol. The quantitative estimate of drug-likeness (QED) is 0.645. The maximum atomic E-state index is 9.85. The lowest BCUT2D eigenvalue weighted by Gasteiger charge is -1.88. The summed E-state index contributed by atoms with van der Waals surface area (Å²) in [6, 6.07) is 0. The summed E-state index contributed by atoms with van der Waals surface area (Å²) in [6.07, 6.45) is 0. The van der Waals surface area contributed by atoms with Crippen molar-refractivity contribution in [2.24, 2.45) is 0 Å². The third kappa shape index (κ3) is 1.46. The van der Waals surface area contributed by atoms with E-state index in [-0.39, 0.29) is 0 Å². The van der Waals surface area contributed by atoms with E-state index in [0.717, 1.165) is 11.3 Å². The molecule has 54 valence electrons. The van der Waals surface area contributed by atoms with E-state index < -0.39 is 0 Å². The SMILES string of the molecule is Cc1nc(Cl)sc1OC=O. The van der Waals surface area contributed by atoms with Crippen LogP contribution in [0.15, 0.2) is 0 Å². The largest absolute Gasteiger partial charge is 0.416 e. The fourth-order valence-electron chi connectivity index (χ4n) is 0.504. The van der Waals surface area contributed by atoms with Gasteiger partial charge in [0.1, 0.15) is 0 Å². The molecule has 0 spiro atoms. The molecule has 3 nitrogen and oxygen atoms in total. The van der Waals surface area contributed by atoms with Crippen molar-refractivity contribution in [1.29, 1.82) is 0 Å². The number of hydrogen-bond acceptors (Lipinski definition) is 4. The highest BCUT2D eigenvalue weighted by Gasteiger charge is 2.05. The standard InChI is InChI=1S/C5H4ClNO2S/c1-3-4(9-2-8)10-5(6)7-3/h2H,1H3. The number of carbonyl (C=O) groups is 1. The molecular weight excluding hydrogens is 174 g/mol. The molecule has 5 heteroatoms. The van der Waals surface area contributed by atoms with E-state index in [4.69, 9.17) is 11.6 Å². The summed E-state index contributed by atoms with van der Waals surface area (Å²) >= 11 is 6.65. The zero-order chi connectivity index (χ0) is 7.56. The van der Waals surface area contributed by atoms with E-state index in [1.165, 1.54) is 0 Å². The van der Waals surface area contributed by atoms with E-state index in [1.807, 2.05) is 0 Å². The Hall–Kier alpha value is -0.610. The van der Waals surface area contributed by atoms with Gasteiger partial charge in [0.25, 0.3) is 6.47 Å². The molecule has 0 fully saturated rings. The molecule has 1 heterocycles. The first-order chi connectivity index (χ1) is 4.74. The Balaban J connectivity index is 2.91. The van der Waals surface area contributed by atoms with Crippen LogP contribution in [0.3, 0.4) is 0 Å². The van der Waals surface area contributed by atoms with E-state index >= 15 is 0 Å². The second-order valence-electron chi connectivity index (χ2n) is 1.55. The lowest BCUT2D eigenvalue weighted by atomic mass is 10.6. The van der Waals surface area contributed by atoms with Gasteiger partial charge in [0.2, 0.25) is 5.06 Å². The van der Waals surface area contributed by atoms with Crippen LogP contribution >= 0.6 is 22.9 Å². The Labute approximate surface area is 66.6 Å². The van der Waals surface area contributed by atoms with Gasteiger partial charge in [-0.25, -0.2) is 4.98 Å². The van der Waals surface area contributed by atoms with Gasteiger partial charge in [-0.15, -0.1) is 0 Å². The first-order valence-corrected chi connectivity index (χ1v) is 3.66. The molecule has 0 aromatic carbocycles. The van der Waals surface area contributed by atoms with Crippen molar-refractivity contribution < 1.29 is 9.53 Å². The molecule has 1 aromatic heterocycles. The summed E-state index contributed by atoms with van der Waals surface area (Å²) < 4.78 is 4.93. The van der Waals surface area contributed by atoms with Crippen LogP contribution in [0.2, 0.25) is 4.47 Å². The van der Waals surface area contributed by atoms with Gasteiger partial charge < -0.3 is 4.74 Å². The molecule has 0 aliphatic heterocycles. The number of halogens is 1. The van der Waals surface area contributed by atoms with Crippen molar-refractivity contribution in [2.75, 3.05) is 0 Å². The van der Waals surface area contributed by atoms with Gasteiger partial charge in [0, 0.05) is 0 Å². The zero-order valence-electron chi connectivity index (χ0n) is 5.13. The second kappa shape index (κ2) is 2.98. The normalized spacial score (nSPS) is 9.40. The Morgan fingerprint density at radius 2 is 2.50 bits per heavy atom. The summed E-state index contributed by atoms with van der Waals surface area (Å²) in [5, 5.41) is 0.458. The van der Waals surface area contributed by atoms with Crippen molar-refractivity contribution in [3.63, 3.8) is 0 Å². The average molecular weight is 178 g/mol. The topological polar surface area (TPSA) is 39.2 Å². The molecule has 0 aliphatic rings. The minimum Gasteiger partial charge on any atom is -0.416 e. The fraction of sp³-hybridized carbons (Fsp3) is 0.200. The van der Waals surface area contributed by atoms with Gasteiger partial charge in [0.05, 0.1) is 5.69 Å². The molecule has 0 radical (unpaired) electrons. The third-order valence-corrected chi connectivity index (χ3v) is 2.04. The van der Waals surface area contributed by atoms with Gasteiger partial charge in [-0.3, -0.25) is 4.79 Å². The summed E-state index contributed by atoms with van der Waals surface area (Å²) in [5.41, 5.74) is 0.641. The molecule has 0 atom stereocenters. The van der Waals surface area contributed by atoms with Crippen molar-refractivity contribution in [1.82, 2.24) is 4.98 Å². The summed E-state index contributed by atoms with van der Waals surface area (Å²) in [4.78, 5) is 13.7. The number of thiazole rings is 1. The van der Waals surface area contributed by atoms with Crippen LogP contribution in [-0.2, 0) is 4.79 Å². The molecule has 0 aliphatic carbocycles. The average Bonchev–Trinajstić information content (AvgIpc) is 2.13. The fourth-order valence-corrected chi connectivity index (χ4v) is 1.46. The number of aryl methyl sites for hydroxylation is 1. The van der Waals surface area contributed by atoms with Gasteiger partial charge in [-0.2, -0.15) is 0 Å². The minimum absolute atomic E-state index is 0.358. The van der Waals surface area contributed by atoms with Crippen LogP contribution in [-0.4, -0.2) is 11.5 Å². The number of nitrogens with zero attached hydrogens (tertiary/aromatic N) is 1. The number of carbonyl (C=O) groups excluding carboxylic acids is 1. The van der Waals surface area contributed by atoms with Crippen LogP contribution < -0.4 is 4.74 Å². The molecule has 0 unspecified atom stereocenters. The summed E-state index contributed by atoms with van der Waals surface area (Å²) in [5.74, 6) is 0. The van der Waals surface area contributed by atoms with Crippen molar-refractivity contribution in [3.05, 3.63) is 10.2 Å². The number of rotatable bonds is 2. The van der Waals surface area contributed by atoms with Crippen LogP contribution in [0.1, 0.15) is 5.69 Å². The smallest absolute Gasteiger partial charge is 0.299 e. The lowest BCUT2D eigenvalue weighted by Crippen LogP contribution is -1.86. The molecule has 0 amide bonds. The van der Waals surface area contributed by atoms with Crippen molar-refractivity contribution in [2.45, 2.75) is 6.92 Å². The molecule has 1 rings (SSSR count). The van der Waals surface area contributed by atoms with Crippen LogP contribution in [0.5, 0.6) is 5.06 Å². The van der Waals surface area contributed by atoms with E-state index in [9.17, 15) is 4.79 Å². The predicted molar refractivity (Wildman–Crippen MR) is 38.6 cm³/mol. The second-order valence-corrected chi connectivity index (χ2v) is 3.10. The van der Waals surface area contributed by atoms with Gasteiger partial charge >= 0.3 is 0 Å². The number of aromatic nitrogens is 1. The maximum absolute atomic E-state index is 9.85. The predicted octanol–water partition coefficient (Wildman–Crippen LogP) is 1.64. The highest BCUT2D eigenvalue weighted by molar-refractivity contribution is 7.17. The first-order valence-electron chi connectivity index (χ1n) is 2.47. The highest BCUT2D eigenvalue weighted by Crippen LogP contribution is 2.28. The van der Waals surface area contributed by atoms with Gasteiger partial charge in [-0.1, -0.05) is 22.9 Å². The van der Waals surface area contributed by atoms with Crippen LogP contribution in [0.4, 0.5) is 0 Å². The molecular formula is C5H4ClNO2S. The summed E-state index contributed by atoms with van der Waals surface area (Å²) in [7, 11) is 0. The highest BCUT2D eigenvalue weighted by atomic mass is 35.5. The molecule has 0 saturated carbocycles. The number of ether oxygens (including phenoxy) is 1. The molecule has 0 bridgehead atoms. The van der Waals surface area contributed by atoms with Crippen LogP contribution in [0, 0.1) is 6.92 Å². The Morgan fingerprint density at radius 3 is 2.90 bits per heavy atom. The van der Waals surface area contributed by atoms with Gasteiger partial charge in [-0.05, 0) is 6.92 Å². The summed E-state index contributed by atoms with van der Waals surface area (Å²) in [6.45, 7) is 2.08. The van der Waals surface area contributed by atoms with Crippen molar-refractivity contribution in [3.8, 4) is 5.06 Å². The first kappa shape index (κ1) is 7.50. The lowest BCUT2D eigenvalue weighted by molar-refractivity contribution is -0.120. The Kier molecular flexibility index (Phi) is 2.24. The van der Waals surface area contributed by atoms with E-state index in [0.29, 0.717) is 21.7 Å². The maximum Gasteiger partial charge on any atom is 0.299 e. The molecule has 10 heavy (non-hydrogen) atoms. The molecule has 1 aromatic rings. The Bertz CT molecular complexity index is 248. The zero-order valence-corrected chi connectivity index (χ0v) is 6.70. The third-order valence-electron chi connectivity index (χ3n) is 0.883. The van der Waals surface area contributed by atoms with Crippen LogP contribution in [0.25, 0.3) is 0 Å². The minimum atomic E-state index is 0.358.